The molecular weight excluding hydrogens is 254 g/mol. The van der Waals surface area contributed by atoms with Gasteiger partial charge in [-0.05, 0) is 25.0 Å². The van der Waals surface area contributed by atoms with Crippen molar-refractivity contribution in [3.05, 3.63) is 30.3 Å². The number of para-hydroxylation sites is 1. The number of anilines is 1. The van der Waals surface area contributed by atoms with Crippen molar-refractivity contribution in [2.45, 2.75) is 38.1 Å². The minimum absolute atomic E-state index is 0.00909. The molecule has 0 heterocycles. The van der Waals surface area contributed by atoms with E-state index in [0.29, 0.717) is 5.69 Å². The third-order valence-corrected chi connectivity index (χ3v) is 3.41. The van der Waals surface area contributed by atoms with E-state index in [4.69, 9.17) is 0 Å². The van der Waals surface area contributed by atoms with Gasteiger partial charge < -0.3 is 16.0 Å². The molecule has 5 heteroatoms. The third-order valence-electron chi connectivity index (χ3n) is 3.41. The van der Waals surface area contributed by atoms with Crippen LogP contribution in [0, 0.1) is 0 Å². The molecule has 1 fully saturated rings. The van der Waals surface area contributed by atoms with Gasteiger partial charge in [-0.25, -0.2) is 4.79 Å². The maximum absolute atomic E-state index is 11.7. The van der Waals surface area contributed by atoms with Crippen LogP contribution in [-0.2, 0) is 4.79 Å². The van der Waals surface area contributed by atoms with Crippen molar-refractivity contribution in [2.75, 3.05) is 11.9 Å². The molecular formula is C15H21N3O2. The fourth-order valence-electron chi connectivity index (χ4n) is 2.38. The minimum Gasteiger partial charge on any atom is -0.352 e. The maximum Gasteiger partial charge on any atom is 0.319 e. The van der Waals surface area contributed by atoms with E-state index in [2.05, 4.69) is 16.0 Å². The van der Waals surface area contributed by atoms with E-state index in [1.54, 1.807) is 12.1 Å². The van der Waals surface area contributed by atoms with E-state index in [1.807, 2.05) is 18.2 Å². The molecule has 0 radical (unpaired) electrons. The van der Waals surface area contributed by atoms with Gasteiger partial charge in [-0.15, -0.1) is 0 Å². The Kier molecular flexibility index (Phi) is 5.41. The highest BCUT2D eigenvalue weighted by Gasteiger charge is 2.15. The van der Waals surface area contributed by atoms with E-state index in [0.717, 1.165) is 12.8 Å². The molecule has 5 nitrogen and oxygen atoms in total. The van der Waals surface area contributed by atoms with Gasteiger partial charge in [-0.3, -0.25) is 4.79 Å². The van der Waals surface area contributed by atoms with Crippen LogP contribution in [0.4, 0.5) is 10.5 Å². The first-order chi connectivity index (χ1) is 9.74. The predicted octanol–water partition coefficient (Wildman–Crippen LogP) is 2.26. The van der Waals surface area contributed by atoms with Gasteiger partial charge in [0.2, 0.25) is 5.91 Å². The smallest absolute Gasteiger partial charge is 0.319 e. The maximum atomic E-state index is 11.7. The highest BCUT2D eigenvalue weighted by atomic mass is 16.2. The Morgan fingerprint density at radius 3 is 2.45 bits per heavy atom. The van der Waals surface area contributed by atoms with Crippen molar-refractivity contribution in [2.24, 2.45) is 0 Å². The molecule has 0 unspecified atom stereocenters. The summed E-state index contributed by atoms with van der Waals surface area (Å²) in [7, 11) is 0. The van der Waals surface area contributed by atoms with Gasteiger partial charge in [0.25, 0.3) is 0 Å². The number of rotatable bonds is 4. The quantitative estimate of drug-likeness (QED) is 0.788. The number of hydrogen-bond donors (Lipinski definition) is 3. The van der Waals surface area contributed by atoms with Gasteiger partial charge >= 0.3 is 6.03 Å². The monoisotopic (exact) mass is 275 g/mol. The number of amides is 3. The molecule has 3 N–H and O–H groups in total. The van der Waals surface area contributed by atoms with Gasteiger partial charge in [0.15, 0.2) is 0 Å². The van der Waals surface area contributed by atoms with Crippen LogP contribution >= 0.6 is 0 Å². The minimum atomic E-state index is -0.366. The first-order valence-electron chi connectivity index (χ1n) is 7.13. The summed E-state index contributed by atoms with van der Waals surface area (Å²) < 4.78 is 0. The summed E-state index contributed by atoms with van der Waals surface area (Å²) in [5.41, 5.74) is 0.706. The number of carbonyl (C=O) groups excluding carboxylic acids is 2. The first kappa shape index (κ1) is 14.4. The molecule has 20 heavy (non-hydrogen) atoms. The highest BCUT2D eigenvalue weighted by Crippen LogP contribution is 2.17. The van der Waals surface area contributed by atoms with Crippen LogP contribution in [0.2, 0.25) is 0 Å². The fraction of sp³-hybridized carbons (Fsp3) is 0.467. The summed E-state index contributed by atoms with van der Waals surface area (Å²) in [6, 6.07) is 9.05. The van der Waals surface area contributed by atoms with Crippen molar-refractivity contribution in [3.63, 3.8) is 0 Å². The van der Waals surface area contributed by atoms with E-state index in [1.165, 1.54) is 19.3 Å². The summed E-state index contributed by atoms with van der Waals surface area (Å²) in [5.74, 6) is -0.125. The largest absolute Gasteiger partial charge is 0.352 e. The third kappa shape index (κ3) is 4.91. The van der Waals surface area contributed by atoms with E-state index in [9.17, 15) is 9.59 Å². The molecule has 1 aliphatic carbocycles. The number of nitrogens with one attached hydrogen (secondary N) is 3. The zero-order valence-electron chi connectivity index (χ0n) is 11.5. The Labute approximate surface area is 119 Å². The van der Waals surface area contributed by atoms with Gasteiger partial charge in [0.1, 0.15) is 0 Å². The lowest BCUT2D eigenvalue weighted by Gasteiger charge is -2.22. The highest BCUT2D eigenvalue weighted by molar-refractivity contribution is 5.92. The molecule has 1 aliphatic rings. The van der Waals surface area contributed by atoms with Crippen molar-refractivity contribution in [1.82, 2.24) is 10.6 Å². The standard InChI is InChI=1S/C15H21N3O2/c19-14(17-12-7-3-1-4-8-12)11-16-15(20)18-13-9-5-2-6-10-13/h2,5-6,9-10,12H,1,3-4,7-8,11H2,(H,17,19)(H2,16,18,20). The second kappa shape index (κ2) is 7.53. The van der Waals surface area contributed by atoms with Gasteiger partial charge in [-0.2, -0.15) is 0 Å². The zero-order chi connectivity index (χ0) is 14.2. The van der Waals surface area contributed by atoms with Gasteiger partial charge in [0.05, 0.1) is 6.54 Å². The molecule has 108 valence electrons. The van der Waals surface area contributed by atoms with E-state index >= 15 is 0 Å². The topological polar surface area (TPSA) is 70.2 Å². The predicted molar refractivity (Wildman–Crippen MR) is 78.5 cm³/mol. The van der Waals surface area contributed by atoms with Crippen molar-refractivity contribution >= 4 is 17.6 Å². The van der Waals surface area contributed by atoms with Crippen LogP contribution in [0.15, 0.2) is 30.3 Å². The van der Waals surface area contributed by atoms with Crippen LogP contribution in [0.3, 0.4) is 0 Å². The molecule has 2 rings (SSSR count). The summed E-state index contributed by atoms with van der Waals surface area (Å²) in [6.45, 7) is 0.00909. The average molecular weight is 275 g/mol. The normalized spacial score (nSPS) is 15.4. The Balaban J connectivity index is 1.66. The molecule has 0 saturated heterocycles. The molecule has 1 saturated carbocycles. The van der Waals surface area contributed by atoms with Gasteiger partial charge in [-0.1, -0.05) is 37.5 Å². The van der Waals surface area contributed by atoms with E-state index in [-0.39, 0.29) is 24.5 Å². The Hall–Kier alpha value is -2.04. The summed E-state index contributed by atoms with van der Waals surface area (Å²) in [5, 5.41) is 8.19. The number of hydrogen-bond acceptors (Lipinski definition) is 2. The lowest BCUT2D eigenvalue weighted by atomic mass is 9.95. The second-order valence-corrected chi connectivity index (χ2v) is 5.08. The fourth-order valence-corrected chi connectivity index (χ4v) is 2.38. The first-order valence-corrected chi connectivity index (χ1v) is 7.13. The van der Waals surface area contributed by atoms with Crippen molar-refractivity contribution < 1.29 is 9.59 Å². The second-order valence-electron chi connectivity index (χ2n) is 5.08. The number of carbonyl (C=O) groups is 2. The lowest BCUT2D eigenvalue weighted by molar-refractivity contribution is -0.120. The molecule has 0 spiro atoms. The van der Waals surface area contributed by atoms with E-state index < -0.39 is 0 Å². The average Bonchev–Trinajstić information content (AvgIpc) is 2.47. The summed E-state index contributed by atoms with van der Waals surface area (Å²) >= 11 is 0. The van der Waals surface area contributed by atoms with Gasteiger partial charge in [0, 0.05) is 11.7 Å². The zero-order valence-corrected chi connectivity index (χ0v) is 11.5. The van der Waals surface area contributed by atoms with Crippen molar-refractivity contribution in [1.29, 1.82) is 0 Å². The summed E-state index contributed by atoms with van der Waals surface area (Å²) in [6.07, 6.45) is 5.69. The summed E-state index contributed by atoms with van der Waals surface area (Å²) in [4.78, 5) is 23.3. The van der Waals surface area contributed by atoms with Crippen molar-refractivity contribution in [3.8, 4) is 0 Å². The van der Waals surface area contributed by atoms with Crippen LogP contribution in [0.5, 0.6) is 0 Å². The SMILES string of the molecule is O=C(CNC(=O)Nc1ccccc1)NC1CCCCC1. The molecule has 0 bridgehead atoms. The van der Waals surface area contributed by atoms with Crippen LogP contribution in [-0.4, -0.2) is 24.5 Å². The van der Waals surface area contributed by atoms with Crippen LogP contribution < -0.4 is 16.0 Å². The number of urea groups is 1. The Morgan fingerprint density at radius 2 is 1.75 bits per heavy atom. The Morgan fingerprint density at radius 1 is 1.05 bits per heavy atom. The molecule has 3 amide bonds. The molecule has 1 aromatic carbocycles. The van der Waals surface area contributed by atoms with Crippen LogP contribution in [0.1, 0.15) is 32.1 Å². The molecule has 1 aromatic rings. The molecule has 0 atom stereocenters. The van der Waals surface area contributed by atoms with Crippen LogP contribution in [0.25, 0.3) is 0 Å². The lowest BCUT2D eigenvalue weighted by Crippen LogP contribution is -2.43. The molecule has 0 aliphatic heterocycles. The Bertz CT molecular complexity index is 442. The molecule has 0 aromatic heterocycles. The number of benzene rings is 1.